The standard InChI is InChI=1S/C19H26N2O2/c1-23-18-8-5-13-21(14-18)17-11-9-16(10-12-17)20-19(22)15-6-3-2-4-7-15/h2-3,9-12,15,18H,4-8,13-14H2,1H3,(H,20,22). The maximum Gasteiger partial charge on any atom is 0.227 e. The van der Waals surface area contributed by atoms with Crippen LogP contribution >= 0.6 is 0 Å². The Morgan fingerprint density at radius 2 is 2.04 bits per heavy atom. The molecular formula is C19H26N2O2. The van der Waals surface area contributed by atoms with Gasteiger partial charge in [-0.2, -0.15) is 0 Å². The molecular weight excluding hydrogens is 288 g/mol. The van der Waals surface area contributed by atoms with Crippen molar-refractivity contribution in [3.8, 4) is 0 Å². The van der Waals surface area contributed by atoms with E-state index in [2.05, 4.69) is 34.5 Å². The highest BCUT2D eigenvalue weighted by molar-refractivity contribution is 5.92. The number of anilines is 2. The van der Waals surface area contributed by atoms with Crippen LogP contribution in [0.15, 0.2) is 36.4 Å². The molecule has 0 saturated carbocycles. The van der Waals surface area contributed by atoms with Crippen LogP contribution in [-0.4, -0.2) is 32.2 Å². The molecule has 1 aromatic carbocycles. The molecule has 1 N–H and O–H groups in total. The second-order valence-corrected chi connectivity index (χ2v) is 6.46. The molecule has 4 nitrogen and oxygen atoms in total. The normalized spacial score (nSPS) is 24.5. The number of methoxy groups -OCH3 is 1. The van der Waals surface area contributed by atoms with Gasteiger partial charge in [0.2, 0.25) is 5.91 Å². The summed E-state index contributed by atoms with van der Waals surface area (Å²) in [6.07, 6.45) is 9.70. The highest BCUT2D eigenvalue weighted by Crippen LogP contribution is 2.24. The Kier molecular flexibility index (Phi) is 5.34. The molecule has 1 aliphatic heterocycles. The smallest absolute Gasteiger partial charge is 0.227 e. The van der Waals surface area contributed by atoms with E-state index in [1.807, 2.05) is 12.1 Å². The minimum atomic E-state index is 0.115. The van der Waals surface area contributed by atoms with E-state index in [1.54, 1.807) is 7.11 Å². The molecule has 0 aromatic heterocycles. The molecule has 1 heterocycles. The number of carbonyl (C=O) groups excluding carboxylic acids is 1. The number of nitrogens with one attached hydrogen (secondary N) is 1. The maximum absolute atomic E-state index is 12.3. The summed E-state index contributed by atoms with van der Waals surface area (Å²) in [5, 5.41) is 3.05. The molecule has 0 bridgehead atoms. The molecule has 124 valence electrons. The van der Waals surface area contributed by atoms with Crippen molar-refractivity contribution < 1.29 is 9.53 Å². The Bertz CT molecular complexity index is 553. The fourth-order valence-corrected chi connectivity index (χ4v) is 3.40. The molecule has 0 radical (unpaired) electrons. The first kappa shape index (κ1) is 16.1. The van der Waals surface area contributed by atoms with E-state index in [9.17, 15) is 4.79 Å². The Hall–Kier alpha value is -1.81. The lowest BCUT2D eigenvalue weighted by Gasteiger charge is -2.33. The van der Waals surface area contributed by atoms with Gasteiger partial charge >= 0.3 is 0 Å². The van der Waals surface area contributed by atoms with Gasteiger partial charge < -0.3 is 15.0 Å². The van der Waals surface area contributed by atoms with Gasteiger partial charge in [-0.1, -0.05) is 12.2 Å². The predicted molar refractivity (Wildman–Crippen MR) is 93.8 cm³/mol. The lowest BCUT2D eigenvalue weighted by atomic mass is 9.93. The Morgan fingerprint density at radius 3 is 2.74 bits per heavy atom. The van der Waals surface area contributed by atoms with Crippen molar-refractivity contribution >= 4 is 17.3 Å². The van der Waals surface area contributed by atoms with E-state index in [4.69, 9.17) is 4.74 Å². The van der Waals surface area contributed by atoms with Crippen LogP contribution in [0.2, 0.25) is 0 Å². The third kappa shape index (κ3) is 4.14. The van der Waals surface area contributed by atoms with E-state index in [0.29, 0.717) is 6.10 Å². The molecule has 2 atom stereocenters. The summed E-state index contributed by atoms with van der Waals surface area (Å²) in [4.78, 5) is 14.6. The molecule has 3 rings (SSSR count). The number of amides is 1. The molecule has 1 saturated heterocycles. The summed E-state index contributed by atoms with van der Waals surface area (Å²) in [7, 11) is 1.78. The van der Waals surface area contributed by atoms with Crippen LogP contribution in [0.5, 0.6) is 0 Å². The number of hydrogen-bond donors (Lipinski definition) is 1. The summed E-state index contributed by atoms with van der Waals surface area (Å²) in [6.45, 7) is 2.01. The van der Waals surface area contributed by atoms with E-state index in [1.165, 1.54) is 5.69 Å². The van der Waals surface area contributed by atoms with Crippen molar-refractivity contribution in [3.05, 3.63) is 36.4 Å². The number of carbonyl (C=O) groups is 1. The fraction of sp³-hybridized carbons (Fsp3) is 0.526. The highest BCUT2D eigenvalue weighted by Gasteiger charge is 2.20. The van der Waals surface area contributed by atoms with Gasteiger partial charge in [-0.3, -0.25) is 4.79 Å². The summed E-state index contributed by atoms with van der Waals surface area (Å²) in [5.74, 6) is 0.253. The zero-order valence-electron chi connectivity index (χ0n) is 13.8. The molecule has 2 unspecified atom stereocenters. The average Bonchev–Trinajstić information content (AvgIpc) is 2.63. The highest BCUT2D eigenvalue weighted by atomic mass is 16.5. The van der Waals surface area contributed by atoms with Crippen molar-refractivity contribution in [2.24, 2.45) is 5.92 Å². The van der Waals surface area contributed by atoms with Gasteiger partial charge in [-0.15, -0.1) is 0 Å². The fourth-order valence-electron chi connectivity index (χ4n) is 3.40. The number of rotatable bonds is 4. The van der Waals surface area contributed by atoms with Gasteiger partial charge in [0, 0.05) is 37.5 Å². The molecule has 23 heavy (non-hydrogen) atoms. The summed E-state index contributed by atoms with van der Waals surface area (Å²) in [6, 6.07) is 8.19. The van der Waals surface area contributed by atoms with Gasteiger partial charge in [0.25, 0.3) is 0 Å². The van der Waals surface area contributed by atoms with Crippen LogP contribution in [0, 0.1) is 5.92 Å². The average molecular weight is 314 g/mol. The van der Waals surface area contributed by atoms with Gasteiger partial charge in [-0.25, -0.2) is 0 Å². The second kappa shape index (κ2) is 7.64. The monoisotopic (exact) mass is 314 g/mol. The number of piperidine rings is 1. The van der Waals surface area contributed by atoms with Crippen molar-refractivity contribution in [1.29, 1.82) is 0 Å². The van der Waals surface area contributed by atoms with Gasteiger partial charge in [0.1, 0.15) is 0 Å². The van der Waals surface area contributed by atoms with Crippen LogP contribution in [0.4, 0.5) is 11.4 Å². The van der Waals surface area contributed by atoms with Crippen LogP contribution in [-0.2, 0) is 9.53 Å². The SMILES string of the molecule is COC1CCCN(c2ccc(NC(=O)C3CC=CCC3)cc2)C1. The van der Waals surface area contributed by atoms with E-state index in [-0.39, 0.29) is 11.8 Å². The van der Waals surface area contributed by atoms with E-state index in [0.717, 1.165) is 50.9 Å². The van der Waals surface area contributed by atoms with E-state index >= 15 is 0 Å². The Labute approximate surface area is 138 Å². The van der Waals surface area contributed by atoms with Crippen LogP contribution in [0.25, 0.3) is 0 Å². The van der Waals surface area contributed by atoms with Crippen LogP contribution in [0.3, 0.4) is 0 Å². The molecule has 1 fully saturated rings. The topological polar surface area (TPSA) is 41.6 Å². The quantitative estimate of drug-likeness (QED) is 0.864. The number of benzene rings is 1. The zero-order valence-corrected chi connectivity index (χ0v) is 13.8. The lowest BCUT2D eigenvalue weighted by molar-refractivity contribution is -0.120. The first-order valence-corrected chi connectivity index (χ1v) is 8.60. The minimum Gasteiger partial charge on any atom is -0.380 e. The summed E-state index contributed by atoms with van der Waals surface area (Å²) in [5.41, 5.74) is 2.08. The molecule has 0 spiro atoms. The summed E-state index contributed by atoms with van der Waals surface area (Å²) >= 11 is 0. The number of ether oxygens (including phenoxy) is 1. The van der Waals surface area contributed by atoms with Crippen molar-refractivity contribution in [3.63, 3.8) is 0 Å². The van der Waals surface area contributed by atoms with Gasteiger partial charge in [0.05, 0.1) is 6.10 Å². The first-order valence-electron chi connectivity index (χ1n) is 8.60. The van der Waals surface area contributed by atoms with E-state index < -0.39 is 0 Å². The van der Waals surface area contributed by atoms with Crippen molar-refractivity contribution in [1.82, 2.24) is 0 Å². The third-order valence-electron chi connectivity index (χ3n) is 4.85. The predicted octanol–water partition coefficient (Wildman–Crippen LogP) is 3.60. The largest absolute Gasteiger partial charge is 0.380 e. The third-order valence-corrected chi connectivity index (χ3v) is 4.85. The zero-order chi connectivity index (χ0) is 16.1. The minimum absolute atomic E-state index is 0.115. The Balaban J connectivity index is 1.58. The van der Waals surface area contributed by atoms with Gasteiger partial charge in [-0.05, 0) is 56.4 Å². The van der Waals surface area contributed by atoms with Crippen LogP contribution in [0.1, 0.15) is 32.1 Å². The van der Waals surface area contributed by atoms with Gasteiger partial charge in [0.15, 0.2) is 0 Å². The second-order valence-electron chi connectivity index (χ2n) is 6.46. The Morgan fingerprint density at radius 1 is 1.22 bits per heavy atom. The molecule has 1 aliphatic carbocycles. The number of hydrogen-bond acceptors (Lipinski definition) is 3. The lowest BCUT2D eigenvalue weighted by Crippen LogP contribution is -2.39. The molecule has 4 heteroatoms. The molecule has 1 amide bonds. The number of nitrogens with zero attached hydrogens (tertiary/aromatic N) is 1. The first-order chi connectivity index (χ1) is 11.3. The molecule has 2 aliphatic rings. The van der Waals surface area contributed by atoms with Crippen molar-refractivity contribution in [2.45, 2.75) is 38.2 Å². The van der Waals surface area contributed by atoms with Crippen molar-refractivity contribution in [2.75, 3.05) is 30.4 Å². The van der Waals surface area contributed by atoms with Crippen LogP contribution < -0.4 is 10.2 Å². The maximum atomic E-state index is 12.3. The summed E-state index contributed by atoms with van der Waals surface area (Å²) < 4.78 is 5.48. The number of allylic oxidation sites excluding steroid dienone is 2. The molecule has 1 aromatic rings.